The Labute approximate surface area is 139 Å². The number of ether oxygens (including phenoxy) is 3. The fraction of sp³-hybridized carbons (Fsp3) is 0.412. The SMILES string of the molecule is O[C@@H](CNC[C@@H]1COc2ccccc2O1)COCc1cccs1. The zero-order valence-electron chi connectivity index (χ0n) is 12.8. The molecular formula is C17H21NO4S. The number of fused-ring (bicyclic) bond motifs is 1. The smallest absolute Gasteiger partial charge is 0.161 e. The predicted molar refractivity (Wildman–Crippen MR) is 89.2 cm³/mol. The summed E-state index contributed by atoms with van der Waals surface area (Å²) in [4.78, 5) is 1.16. The third-order valence-electron chi connectivity index (χ3n) is 3.45. The van der Waals surface area contributed by atoms with Crippen LogP contribution in [0.2, 0.25) is 0 Å². The highest BCUT2D eigenvalue weighted by atomic mass is 32.1. The molecule has 0 unspecified atom stereocenters. The highest BCUT2D eigenvalue weighted by molar-refractivity contribution is 7.09. The second-order valence-corrected chi connectivity index (χ2v) is 6.44. The van der Waals surface area contributed by atoms with E-state index in [2.05, 4.69) is 5.32 Å². The molecule has 6 heteroatoms. The maximum atomic E-state index is 9.91. The average molecular weight is 335 g/mol. The summed E-state index contributed by atoms with van der Waals surface area (Å²) in [5.41, 5.74) is 0. The zero-order valence-corrected chi connectivity index (χ0v) is 13.6. The van der Waals surface area contributed by atoms with Gasteiger partial charge in [0.1, 0.15) is 12.7 Å². The van der Waals surface area contributed by atoms with Crippen LogP contribution < -0.4 is 14.8 Å². The van der Waals surface area contributed by atoms with Crippen LogP contribution in [0.1, 0.15) is 4.88 Å². The van der Waals surface area contributed by atoms with E-state index in [0.717, 1.165) is 16.4 Å². The second kappa shape index (κ2) is 8.31. The van der Waals surface area contributed by atoms with Crippen LogP contribution in [0.4, 0.5) is 0 Å². The number of para-hydroxylation sites is 2. The van der Waals surface area contributed by atoms with Crippen molar-refractivity contribution in [2.45, 2.75) is 18.8 Å². The molecule has 1 aromatic carbocycles. The van der Waals surface area contributed by atoms with E-state index >= 15 is 0 Å². The van der Waals surface area contributed by atoms with Gasteiger partial charge in [0.15, 0.2) is 11.5 Å². The standard InChI is InChI=1S/C17H21NO4S/c19-13(10-20-12-15-4-3-7-23-15)8-18-9-14-11-21-16-5-1-2-6-17(16)22-14/h1-7,13-14,18-19H,8-12H2/t13-,14+/m0/s1. The first-order valence-electron chi connectivity index (χ1n) is 7.68. The highest BCUT2D eigenvalue weighted by Crippen LogP contribution is 2.30. The van der Waals surface area contributed by atoms with Crippen LogP contribution >= 0.6 is 11.3 Å². The van der Waals surface area contributed by atoms with Gasteiger partial charge in [-0.15, -0.1) is 11.3 Å². The van der Waals surface area contributed by atoms with E-state index in [9.17, 15) is 5.11 Å². The molecule has 1 aromatic heterocycles. The number of hydrogen-bond donors (Lipinski definition) is 2. The van der Waals surface area contributed by atoms with E-state index in [4.69, 9.17) is 14.2 Å². The van der Waals surface area contributed by atoms with Crippen LogP contribution in [0, 0.1) is 0 Å². The van der Waals surface area contributed by atoms with Crippen LogP contribution in [-0.4, -0.2) is 43.6 Å². The van der Waals surface area contributed by atoms with E-state index in [-0.39, 0.29) is 6.10 Å². The lowest BCUT2D eigenvalue weighted by molar-refractivity contribution is 0.0268. The molecule has 124 valence electrons. The normalized spacial score (nSPS) is 17.9. The molecule has 0 aliphatic carbocycles. The Morgan fingerprint density at radius 3 is 2.96 bits per heavy atom. The molecule has 2 N–H and O–H groups in total. The number of benzene rings is 1. The van der Waals surface area contributed by atoms with Crippen molar-refractivity contribution in [1.29, 1.82) is 0 Å². The first-order chi connectivity index (χ1) is 11.3. The van der Waals surface area contributed by atoms with Crippen molar-refractivity contribution >= 4 is 11.3 Å². The molecule has 2 heterocycles. The van der Waals surface area contributed by atoms with Gasteiger partial charge in [-0.1, -0.05) is 18.2 Å². The van der Waals surface area contributed by atoms with Gasteiger partial charge in [0.2, 0.25) is 0 Å². The number of aliphatic hydroxyl groups is 1. The topological polar surface area (TPSA) is 60.0 Å². The zero-order chi connectivity index (χ0) is 15.9. The molecule has 0 fully saturated rings. The van der Waals surface area contributed by atoms with Crippen LogP contribution in [0.3, 0.4) is 0 Å². The number of aliphatic hydroxyl groups excluding tert-OH is 1. The van der Waals surface area contributed by atoms with E-state index in [1.54, 1.807) is 11.3 Å². The Kier molecular flexibility index (Phi) is 5.87. The third-order valence-corrected chi connectivity index (χ3v) is 4.30. The number of rotatable bonds is 8. The lowest BCUT2D eigenvalue weighted by Gasteiger charge is -2.26. The van der Waals surface area contributed by atoms with Gasteiger partial charge >= 0.3 is 0 Å². The largest absolute Gasteiger partial charge is 0.486 e. The Hall–Kier alpha value is -1.60. The van der Waals surface area contributed by atoms with Crippen molar-refractivity contribution in [3.05, 3.63) is 46.7 Å². The van der Waals surface area contributed by atoms with Gasteiger partial charge in [0.05, 0.1) is 19.3 Å². The minimum absolute atomic E-state index is 0.0517. The summed E-state index contributed by atoms with van der Waals surface area (Å²) in [5.74, 6) is 1.55. The Morgan fingerprint density at radius 1 is 1.26 bits per heavy atom. The van der Waals surface area contributed by atoms with Gasteiger partial charge in [-0.05, 0) is 23.6 Å². The maximum Gasteiger partial charge on any atom is 0.161 e. The summed E-state index contributed by atoms with van der Waals surface area (Å²) in [5, 5.41) is 15.1. The molecule has 1 aliphatic rings. The quantitative estimate of drug-likeness (QED) is 0.773. The lowest BCUT2D eigenvalue weighted by Crippen LogP contribution is -2.41. The molecule has 0 radical (unpaired) electrons. The molecule has 1 aliphatic heterocycles. The second-order valence-electron chi connectivity index (χ2n) is 5.40. The predicted octanol–water partition coefficient (Wildman–Crippen LogP) is 2.06. The van der Waals surface area contributed by atoms with Crippen LogP contribution in [0.15, 0.2) is 41.8 Å². The van der Waals surface area contributed by atoms with Gasteiger partial charge < -0.3 is 24.6 Å². The number of nitrogens with one attached hydrogen (secondary N) is 1. The Morgan fingerprint density at radius 2 is 2.13 bits per heavy atom. The average Bonchev–Trinajstić information content (AvgIpc) is 3.08. The molecule has 0 spiro atoms. The summed E-state index contributed by atoms with van der Waals surface area (Å²) < 4.78 is 17.0. The molecule has 3 rings (SSSR count). The first kappa shape index (κ1) is 16.3. The van der Waals surface area contributed by atoms with Crippen LogP contribution in [0.5, 0.6) is 11.5 Å². The van der Waals surface area contributed by atoms with Crippen molar-refractivity contribution in [2.75, 3.05) is 26.3 Å². The molecule has 0 bridgehead atoms. The Bertz CT molecular complexity index is 590. The van der Waals surface area contributed by atoms with E-state index in [1.807, 2.05) is 41.8 Å². The fourth-order valence-corrected chi connectivity index (χ4v) is 2.96. The minimum Gasteiger partial charge on any atom is -0.486 e. The molecule has 2 aromatic rings. The third kappa shape index (κ3) is 4.94. The molecule has 0 saturated carbocycles. The van der Waals surface area contributed by atoms with Gasteiger partial charge in [-0.2, -0.15) is 0 Å². The lowest BCUT2D eigenvalue weighted by atomic mass is 10.2. The molecule has 0 amide bonds. The van der Waals surface area contributed by atoms with Crippen molar-refractivity contribution in [1.82, 2.24) is 5.32 Å². The summed E-state index contributed by atoms with van der Waals surface area (Å²) in [7, 11) is 0. The fourth-order valence-electron chi connectivity index (χ4n) is 2.32. The van der Waals surface area contributed by atoms with Crippen LogP contribution in [-0.2, 0) is 11.3 Å². The van der Waals surface area contributed by atoms with E-state index in [0.29, 0.717) is 32.9 Å². The summed E-state index contributed by atoms with van der Waals surface area (Å²) in [6.45, 7) is 2.46. The minimum atomic E-state index is -0.535. The van der Waals surface area contributed by atoms with Crippen molar-refractivity contribution in [2.24, 2.45) is 0 Å². The number of hydrogen-bond acceptors (Lipinski definition) is 6. The number of thiophene rings is 1. The monoisotopic (exact) mass is 335 g/mol. The van der Waals surface area contributed by atoms with Gasteiger partial charge in [0.25, 0.3) is 0 Å². The Balaban J connectivity index is 1.30. The molecule has 2 atom stereocenters. The highest BCUT2D eigenvalue weighted by Gasteiger charge is 2.20. The van der Waals surface area contributed by atoms with Crippen molar-refractivity contribution in [3.8, 4) is 11.5 Å². The molecule has 23 heavy (non-hydrogen) atoms. The van der Waals surface area contributed by atoms with Crippen molar-refractivity contribution < 1.29 is 19.3 Å². The first-order valence-corrected chi connectivity index (χ1v) is 8.56. The maximum absolute atomic E-state index is 9.91. The van der Waals surface area contributed by atoms with Gasteiger partial charge in [-0.25, -0.2) is 0 Å². The summed E-state index contributed by atoms with van der Waals surface area (Å²) in [6.07, 6.45) is -0.587. The molecule has 0 saturated heterocycles. The molecular weight excluding hydrogens is 314 g/mol. The molecule has 5 nitrogen and oxygen atoms in total. The van der Waals surface area contributed by atoms with Gasteiger partial charge in [-0.3, -0.25) is 0 Å². The summed E-state index contributed by atoms with van der Waals surface area (Å²) in [6, 6.07) is 11.7. The summed E-state index contributed by atoms with van der Waals surface area (Å²) >= 11 is 1.65. The van der Waals surface area contributed by atoms with E-state index < -0.39 is 6.10 Å². The van der Waals surface area contributed by atoms with Crippen LogP contribution in [0.25, 0.3) is 0 Å². The van der Waals surface area contributed by atoms with Gasteiger partial charge in [0, 0.05) is 18.0 Å². The van der Waals surface area contributed by atoms with Crippen molar-refractivity contribution in [3.63, 3.8) is 0 Å². The van der Waals surface area contributed by atoms with E-state index in [1.165, 1.54) is 0 Å².